The molecule has 0 aromatic heterocycles. The van der Waals surface area contributed by atoms with Gasteiger partial charge in [0.1, 0.15) is 11.8 Å². The lowest BCUT2D eigenvalue weighted by Crippen LogP contribution is -2.45. The Labute approximate surface area is 118 Å². The van der Waals surface area contributed by atoms with Crippen molar-refractivity contribution < 1.29 is 24.5 Å². The standard InChI is InChI=1S/C11H11Cl2NO5/c12-6-1-2-7(13)9(3-6)19-5-10(16)14-8(4-15)11(17)18/h1-3,8,15H,4-5H2,(H,14,16)(H,17,18)/t8-/m1/s1. The van der Waals surface area contributed by atoms with Crippen LogP contribution in [0.4, 0.5) is 0 Å². The summed E-state index contributed by atoms with van der Waals surface area (Å²) in [4.78, 5) is 22.0. The van der Waals surface area contributed by atoms with Crippen molar-refractivity contribution in [3.63, 3.8) is 0 Å². The van der Waals surface area contributed by atoms with E-state index in [0.717, 1.165) is 0 Å². The highest BCUT2D eigenvalue weighted by Gasteiger charge is 2.19. The van der Waals surface area contributed by atoms with Gasteiger partial charge in [-0.3, -0.25) is 4.79 Å². The molecule has 0 unspecified atom stereocenters. The molecular weight excluding hydrogens is 297 g/mol. The van der Waals surface area contributed by atoms with E-state index in [1.807, 2.05) is 0 Å². The van der Waals surface area contributed by atoms with Crippen LogP contribution in [0.25, 0.3) is 0 Å². The van der Waals surface area contributed by atoms with Crippen LogP contribution in [-0.2, 0) is 9.59 Å². The Kier molecular flexibility index (Phi) is 5.88. The molecular formula is C11H11Cl2NO5. The Bertz CT molecular complexity index is 480. The number of carbonyl (C=O) groups is 2. The number of aliphatic carboxylic acids is 1. The molecule has 19 heavy (non-hydrogen) atoms. The molecule has 1 aromatic rings. The molecule has 3 N–H and O–H groups in total. The van der Waals surface area contributed by atoms with Gasteiger partial charge < -0.3 is 20.3 Å². The van der Waals surface area contributed by atoms with Crippen molar-refractivity contribution in [1.82, 2.24) is 5.32 Å². The lowest BCUT2D eigenvalue weighted by Gasteiger charge is -2.12. The van der Waals surface area contributed by atoms with E-state index in [1.54, 1.807) is 6.07 Å². The molecule has 1 atom stereocenters. The second-order valence-electron chi connectivity index (χ2n) is 3.50. The van der Waals surface area contributed by atoms with Gasteiger partial charge in [0, 0.05) is 11.1 Å². The first-order valence-corrected chi connectivity index (χ1v) is 5.90. The molecule has 0 saturated heterocycles. The number of hydrogen-bond donors (Lipinski definition) is 3. The first-order chi connectivity index (χ1) is 8.93. The van der Waals surface area contributed by atoms with Crippen molar-refractivity contribution in [1.29, 1.82) is 0 Å². The predicted molar refractivity (Wildman–Crippen MR) is 68.6 cm³/mol. The third-order valence-electron chi connectivity index (χ3n) is 2.07. The van der Waals surface area contributed by atoms with Gasteiger partial charge in [0.05, 0.1) is 11.6 Å². The molecule has 1 amide bonds. The summed E-state index contributed by atoms with van der Waals surface area (Å²) in [7, 11) is 0. The van der Waals surface area contributed by atoms with E-state index in [1.165, 1.54) is 12.1 Å². The summed E-state index contributed by atoms with van der Waals surface area (Å²) in [6, 6.07) is 3.12. The van der Waals surface area contributed by atoms with E-state index in [0.29, 0.717) is 5.02 Å². The first kappa shape index (κ1) is 15.6. The Morgan fingerprint density at radius 2 is 2.05 bits per heavy atom. The molecule has 0 aliphatic heterocycles. The molecule has 0 aliphatic carbocycles. The second-order valence-corrected chi connectivity index (χ2v) is 4.35. The zero-order valence-corrected chi connectivity index (χ0v) is 11.1. The SMILES string of the molecule is O=C(COc1cc(Cl)ccc1Cl)N[C@H](CO)C(=O)O. The van der Waals surface area contributed by atoms with E-state index in [-0.39, 0.29) is 10.8 Å². The Hall–Kier alpha value is -1.50. The maximum absolute atomic E-state index is 11.4. The fourth-order valence-electron chi connectivity index (χ4n) is 1.15. The Morgan fingerprint density at radius 3 is 2.63 bits per heavy atom. The number of carboxylic acid groups (broad SMARTS) is 1. The van der Waals surface area contributed by atoms with E-state index in [2.05, 4.69) is 5.32 Å². The van der Waals surface area contributed by atoms with Gasteiger partial charge in [0.25, 0.3) is 5.91 Å². The molecule has 0 spiro atoms. The summed E-state index contributed by atoms with van der Waals surface area (Å²) in [5.41, 5.74) is 0. The Morgan fingerprint density at radius 1 is 1.37 bits per heavy atom. The number of nitrogens with one attached hydrogen (secondary N) is 1. The minimum Gasteiger partial charge on any atom is -0.482 e. The second kappa shape index (κ2) is 7.18. The monoisotopic (exact) mass is 307 g/mol. The highest BCUT2D eigenvalue weighted by Crippen LogP contribution is 2.27. The van der Waals surface area contributed by atoms with Crippen LogP contribution in [0.5, 0.6) is 5.75 Å². The third kappa shape index (κ3) is 4.94. The number of aliphatic hydroxyl groups excluding tert-OH is 1. The molecule has 8 heteroatoms. The van der Waals surface area contributed by atoms with Gasteiger partial charge in [0.15, 0.2) is 6.61 Å². The average Bonchev–Trinajstić information content (AvgIpc) is 2.36. The van der Waals surface area contributed by atoms with Gasteiger partial charge in [-0.05, 0) is 12.1 Å². The summed E-state index contributed by atoms with van der Waals surface area (Å²) in [5.74, 6) is -1.82. The highest BCUT2D eigenvalue weighted by atomic mass is 35.5. The lowest BCUT2D eigenvalue weighted by atomic mass is 10.3. The van der Waals surface area contributed by atoms with Crippen LogP contribution >= 0.6 is 23.2 Å². The zero-order valence-electron chi connectivity index (χ0n) is 9.60. The summed E-state index contributed by atoms with van der Waals surface area (Å²) < 4.78 is 5.10. The van der Waals surface area contributed by atoms with Gasteiger partial charge in [-0.25, -0.2) is 4.79 Å². The lowest BCUT2D eigenvalue weighted by molar-refractivity contribution is -0.143. The summed E-state index contributed by atoms with van der Waals surface area (Å²) in [6.07, 6.45) is 0. The highest BCUT2D eigenvalue weighted by molar-refractivity contribution is 6.34. The molecule has 0 aliphatic rings. The predicted octanol–water partition coefficient (Wildman–Crippen LogP) is 0.934. The number of benzene rings is 1. The normalized spacial score (nSPS) is 11.7. The third-order valence-corrected chi connectivity index (χ3v) is 2.62. The average molecular weight is 308 g/mol. The van der Waals surface area contributed by atoms with Crippen molar-refractivity contribution in [2.24, 2.45) is 0 Å². The number of aliphatic hydroxyl groups is 1. The van der Waals surface area contributed by atoms with Crippen LogP contribution in [0.2, 0.25) is 10.0 Å². The van der Waals surface area contributed by atoms with Gasteiger partial charge >= 0.3 is 5.97 Å². The van der Waals surface area contributed by atoms with E-state index >= 15 is 0 Å². The summed E-state index contributed by atoms with van der Waals surface area (Å²) in [5, 5.41) is 20.1. The zero-order chi connectivity index (χ0) is 14.4. The number of hydrogen-bond acceptors (Lipinski definition) is 4. The maximum Gasteiger partial charge on any atom is 0.328 e. The van der Waals surface area contributed by atoms with Gasteiger partial charge in [-0.2, -0.15) is 0 Å². The molecule has 1 aromatic carbocycles. The van der Waals surface area contributed by atoms with Crippen molar-refractivity contribution in [3.8, 4) is 5.75 Å². The number of rotatable bonds is 6. The molecule has 6 nitrogen and oxygen atoms in total. The number of amides is 1. The quantitative estimate of drug-likeness (QED) is 0.726. The molecule has 0 fully saturated rings. The van der Waals surface area contributed by atoms with Crippen LogP contribution in [-0.4, -0.2) is 41.3 Å². The van der Waals surface area contributed by atoms with Gasteiger partial charge in [0.2, 0.25) is 0 Å². The maximum atomic E-state index is 11.4. The topological polar surface area (TPSA) is 95.9 Å². The number of halogens is 2. The van der Waals surface area contributed by atoms with E-state index in [4.69, 9.17) is 38.2 Å². The van der Waals surface area contributed by atoms with Gasteiger partial charge in [-0.15, -0.1) is 0 Å². The summed E-state index contributed by atoms with van der Waals surface area (Å²) >= 11 is 11.5. The molecule has 0 radical (unpaired) electrons. The molecule has 1 rings (SSSR count). The van der Waals surface area contributed by atoms with E-state index in [9.17, 15) is 9.59 Å². The Balaban J connectivity index is 2.54. The number of carbonyl (C=O) groups excluding carboxylic acids is 1. The fourth-order valence-corrected chi connectivity index (χ4v) is 1.49. The van der Waals surface area contributed by atoms with Crippen LogP contribution in [0.15, 0.2) is 18.2 Å². The minimum absolute atomic E-state index is 0.209. The minimum atomic E-state index is -1.37. The molecule has 0 heterocycles. The van der Waals surface area contributed by atoms with Gasteiger partial charge in [-0.1, -0.05) is 23.2 Å². The largest absolute Gasteiger partial charge is 0.482 e. The molecule has 104 valence electrons. The van der Waals surface area contributed by atoms with Crippen molar-refractivity contribution in [3.05, 3.63) is 28.2 Å². The molecule has 0 saturated carbocycles. The van der Waals surface area contributed by atoms with Crippen LogP contribution < -0.4 is 10.1 Å². The first-order valence-electron chi connectivity index (χ1n) is 5.15. The van der Waals surface area contributed by atoms with Crippen LogP contribution in [0.3, 0.4) is 0 Å². The smallest absolute Gasteiger partial charge is 0.328 e. The van der Waals surface area contributed by atoms with Crippen molar-refractivity contribution in [2.45, 2.75) is 6.04 Å². The van der Waals surface area contributed by atoms with Crippen molar-refractivity contribution in [2.75, 3.05) is 13.2 Å². The van der Waals surface area contributed by atoms with Crippen LogP contribution in [0, 0.1) is 0 Å². The molecule has 0 bridgehead atoms. The van der Waals surface area contributed by atoms with E-state index < -0.39 is 31.1 Å². The van der Waals surface area contributed by atoms with Crippen molar-refractivity contribution >= 4 is 35.1 Å². The fraction of sp³-hybridized carbons (Fsp3) is 0.273. The number of ether oxygens (including phenoxy) is 1. The van der Waals surface area contributed by atoms with Crippen LogP contribution in [0.1, 0.15) is 0 Å². The number of carboxylic acids is 1. The summed E-state index contributed by atoms with van der Waals surface area (Å²) in [6.45, 7) is -1.15.